The molecule has 0 amide bonds. The van der Waals surface area contributed by atoms with Gasteiger partial charge in [-0.25, -0.2) is 19.2 Å². The van der Waals surface area contributed by atoms with E-state index in [1.807, 2.05) is 19.6 Å². The molecule has 0 spiro atoms. The van der Waals surface area contributed by atoms with E-state index in [4.69, 9.17) is 4.43 Å². The van der Waals surface area contributed by atoms with Gasteiger partial charge in [0.2, 0.25) is 0 Å². The first-order valence-electron chi connectivity index (χ1n) is 8.63. The van der Waals surface area contributed by atoms with Gasteiger partial charge in [-0.1, -0.05) is 12.1 Å². The molecule has 0 fully saturated rings. The third kappa shape index (κ3) is 3.06. The fraction of sp³-hybridized carbons (Fsp3) is 0.200. The molecule has 4 rings (SSSR count). The van der Waals surface area contributed by atoms with Crippen LogP contribution in [0, 0.1) is 0 Å². The van der Waals surface area contributed by atoms with Gasteiger partial charge in [-0.3, -0.25) is 0 Å². The Morgan fingerprint density at radius 2 is 1.07 bits per heavy atom. The molecule has 7 nitrogen and oxygen atoms in total. The summed E-state index contributed by atoms with van der Waals surface area (Å²) in [4.78, 5) is 47.3. The van der Waals surface area contributed by atoms with Gasteiger partial charge < -0.3 is 13.9 Å². The fourth-order valence-corrected chi connectivity index (χ4v) is 4.19. The molecule has 0 aromatic heterocycles. The number of rotatable bonds is 4. The molecule has 2 aromatic carbocycles. The van der Waals surface area contributed by atoms with E-state index in [-0.39, 0.29) is 22.3 Å². The monoisotopic (exact) mass is 396 g/mol. The van der Waals surface area contributed by atoms with Crippen LogP contribution in [0.4, 0.5) is 0 Å². The van der Waals surface area contributed by atoms with Gasteiger partial charge in [-0.15, -0.1) is 0 Å². The Morgan fingerprint density at radius 1 is 0.679 bits per heavy atom. The Labute approximate surface area is 161 Å². The van der Waals surface area contributed by atoms with Gasteiger partial charge in [0.05, 0.1) is 28.4 Å². The van der Waals surface area contributed by atoms with Crippen LogP contribution in [0.25, 0.3) is 0 Å². The van der Waals surface area contributed by atoms with Crippen molar-refractivity contribution >= 4 is 32.2 Å². The molecule has 2 aliphatic heterocycles. The van der Waals surface area contributed by atoms with Crippen molar-refractivity contribution < 1.29 is 33.1 Å². The van der Waals surface area contributed by atoms with E-state index in [0.717, 1.165) is 0 Å². The Balaban J connectivity index is 1.82. The summed E-state index contributed by atoms with van der Waals surface area (Å²) in [5.74, 6) is -2.74. The molecular formula is C20H16O7Si. The van der Waals surface area contributed by atoms with Crippen molar-refractivity contribution in [2.75, 3.05) is 0 Å². The molecule has 0 unspecified atom stereocenters. The molecule has 0 saturated heterocycles. The molecule has 2 aliphatic rings. The molecule has 142 valence electrons. The minimum absolute atomic E-state index is 0.183. The standard InChI is InChI=1S/C20H16O7Si/c1-28(2,3)27-16(10-4-6-12-14(8-10)19(23)25-17(12)21)11-5-7-13-15(9-11)20(24)26-18(13)22/h4-9,16H,1-3H3. The van der Waals surface area contributed by atoms with Crippen molar-refractivity contribution in [2.45, 2.75) is 25.7 Å². The van der Waals surface area contributed by atoms with Crippen LogP contribution in [0.5, 0.6) is 0 Å². The predicted molar refractivity (Wildman–Crippen MR) is 98.7 cm³/mol. The number of hydrogen-bond donors (Lipinski definition) is 0. The number of fused-ring (bicyclic) bond motifs is 2. The molecule has 0 aliphatic carbocycles. The molecule has 2 aromatic rings. The topological polar surface area (TPSA) is 96.0 Å². The summed E-state index contributed by atoms with van der Waals surface area (Å²) in [6.45, 7) is 6.03. The molecule has 0 atom stereocenters. The number of cyclic esters (lactones) is 4. The van der Waals surface area contributed by atoms with Gasteiger partial charge in [0.25, 0.3) is 0 Å². The number of ether oxygens (including phenoxy) is 2. The maximum Gasteiger partial charge on any atom is 0.346 e. The van der Waals surface area contributed by atoms with E-state index in [1.165, 1.54) is 12.1 Å². The molecule has 0 bridgehead atoms. The lowest BCUT2D eigenvalue weighted by atomic mass is 9.95. The van der Waals surface area contributed by atoms with E-state index in [1.54, 1.807) is 24.3 Å². The Hall–Kier alpha value is -3.10. The van der Waals surface area contributed by atoms with Crippen molar-refractivity contribution in [2.24, 2.45) is 0 Å². The SMILES string of the molecule is C[Si](C)(C)OC(c1ccc2c(c1)C(=O)OC2=O)c1ccc2c(c1)C(=O)OC2=O. The summed E-state index contributed by atoms with van der Waals surface area (Å²) in [6, 6.07) is 9.60. The second-order valence-electron chi connectivity index (χ2n) is 7.57. The molecule has 2 heterocycles. The summed E-state index contributed by atoms with van der Waals surface area (Å²) in [5, 5.41) is 0. The van der Waals surface area contributed by atoms with Crippen LogP contribution in [-0.4, -0.2) is 32.2 Å². The zero-order chi connectivity index (χ0) is 20.2. The van der Waals surface area contributed by atoms with E-state index < -0.39 is 38.3 Å². The van der Waals surface area contributed by atoms with Crippen molar-refractivity contribution in [3.05, 3.63) is 69.8 Å². The molecule has 0 saturated carbocycles. The molecular weight excluding hydrogens is 380 g/mol. The normalized spacial score (nSPS) is 15.6. The minimum atomic E-state index is -2.06. The largest absolute Gasteiger partial charge is 0.407 e. The van der Waals surface area contributed by atoms with Gasteiger partial charge in [0, 0.05) is 0 Å². The summed E-state index contributed by atoms with van der Waals surface area (Å²) in [6.07, 6.45) is -0.589. The second-order valence-corrected chi connectivity index (χ2v) is 12.0. The highest BCUT2D eigenvalue weighted by atomic mass is 28.4. The molecule has 0 N–H and O–H groups in total. The highest BCUT2D eigenvalue weighted by molar-refractivity contribution is 6.69. The first-order chi connectivity index (χ1) is 13.1. The number of carbonyl (C=O) groups is 4. The smallest absolute Gasteiger partial charge is 0.346 e. The van der Waals surface area contributed by atoms with E-state index in [2.05, 4.69) is 9.47 Å². The number of hydrogen-bond acceptors (Lipinski definition) is 7. The third-order valence-corrected chi connectivity index (χ3v) is 5.36. The molecule has 0 radical (unpaired) electrons. The average Bonchev–Trinajstić information content (AvgIpc) is 3.07. The zero-order valence-corrected chi connectivity index (χ0v) is 16.4. The summed E-state index contributed by atoms with van der Waals surface area (Å²) < 4.78 is 15.6. The van der Waals surface area contributed by atoms with Crippen LogP contribution in [0.2, 0.25) is 19.6 Å². The maximum atomic E-state index is 11.9. The number of esters is 4. The molecule has 28 heavy (non-hydrogen) atoms. The van der Waals surface area contributed by atoms with Gasteiger partial charge in [-0.2, -0.15) is 0 Å². The Bertz CT molecular complexity index is 987. The third-order valence-electron chi connectivity index (χ3n) is 4.41. The van der Waals surface area contributed by atoms with Gasteiger partial charge in [0.1, 0.15) is 0 Å². The summed E-state index contributed by atoms with van der Waals surface area (Å²) >= 11 is 0. The van der Waals surface area contributed by atoms with E-state index in [0.29, 0.717) is 11.1 Å². The van der Waals surface area contributed by atoms with Gasteiger partial charge in [-0.05, 0) is 55.0 Å². The fourth-order valence-electron chi connectivity index (χ4n) is 3.21. The van der Waals surface area contributed by atoms with Crippen molar-refractivity contribution in [1.82, 2.24) is 0 Å². The summed E-state index contributed by atoms with van der Waals surface area (Å²) in [5.41, 5.74) is 2.08. The first-order valence-corrected chi connectivity index (χ1v) is 12.0. The van der Waals surface area contributed by atoms with Crippen molar-refractivity contribution in [3.63, 3.8) is 0 Å². The van der Waals surface area contributed by atoms with E-state index in [9.17, 15) is 19.2 Å². The number of benzene rings is 2. The second kappa shape index (κ2) is 6.22. The average molecular weight is 396 g/mol. The van der Waals surface area contributed by atoms with Crippen LogP contribution in [0.1, 0.15) is 58.7 Å². The first kappa shape index (κ1) is 18.3. The molecule has 8 heteroatoms. The quantitative estimate of drug-likeness (QED) is 0.445. The summed E-state index contributed by atoms with van der Waals surface area (Å²) in [7, 11) is -2.06. The van der Waals surface area contributed by atoms with Crippen LogP contribution < -0.4 is 0 Å². The van der Waals surface area contributed by atoms with Crippen molar-refractivity contribution in [1.29, 1.82) is 0 Å². The minimum Gasteiger partial charge on any atom is -0.407 e. The van der Waals surface area contributed by atoms with Crippen LogP contribution in [-0.2, 0) is 13.9 Å². The predicted octanol–water partition coefficient (Wildman–Crippen LogP) is 3.25. The van der Waals surface area contributed by atoms with E-state index >= 15 is 0 Å². The lowest BCUT2D eigenvalue weighted by molar-refractivity contribution is 0.0425. The Kier molecular flexibility index (Phi) is 4.06. The van der Waals surface area contributed by atoms with Gasteiger partial charge in [0.15, 0.2) is 8.32 Å². The Morgan fingerprint density at radius 3 is 1.46 bits per heavy atom. The zero-order valence-electron chi connectivity index (χ0n) is 15.4. The van der Waals surface area contributed by atoms with Gasteiger partial charge >= 0.3 is 23.9 Å². The highest BCUT2D eigenvalue weighted by Gasteiger charge is 2.34. The lowest BCUT2D eigenvalue weighted by Gasteiger charge is -2.27. The van der Waals surface area contributed by atoms with Crippen LogP contribution in [0.3, 0.4) is 0 Å². The maximum absolute atomic E-state index is 11.9. The van der Waals surface area contributed by atoms with Crippen LogP contribution in [0.15, 0.2) is 36.4 Å². The lowest BCUT2D eigenvalue weighted by Crippen LogP contribution is -2.28. The van der Waals surface area contributed by atoms with Crippen LogP contribution >= 0.6 is 0 Å². The van der Waals surface area contributed by atoms with Crippen molar-refractivity contribution in [3.8, 4) is 0 Å². The highest BCUT2D eigenvalue weighted by Crippen LogP contribution is 2.34. The number of carbonyl (C=O) groups excluding carboxylic acids is 4.